The quantitative estimate of drug-likeness (QED) is 0.113. The molecule has 1 unspecified atom stereocenters. The predicted octanol–water partition coefficient (Wildman–Crippen LogP) is 5.53. The van der Waals surface area contributed by atoms with Crippen LogP contribution in [0.1, 0.15) is 24.7 Å². The Morgan fingerprint density at radius 1 is 1.06 bits per heavy atom. The van der Waals surface area contributed by atoms with Crippen LogP contribution in [0.25, 0.3) is 33.3 Å². The molecule has 1 aliphatic carbocycles. The van der Waals surface area contributed by atoms with Crippen molar-refractivity contribution < 1.29 is 40.1 Å². The Kier molecular flexibility index (Phi) is 12.2. The van der Waals surface area contributed by atoms with E-state index >= 15 is 0 Å². The van der Waals surface area contributed by atoms with Crippen LogP contribution in [0, 0.1) is 30.0 Å². The normalized spacial score (nSPS) is 17.6. The second kappa shape index (κ2) is 16.2. The molecule has 0 N–H and O–H groups in total. The molecule has 1 saturated heterocycles. The van der Waals surface area contributed by atoms with E-state index in [4.69, 9.17) is 37.7 Å². The summed E-state index contributed by atoms with van der Waals surface area (Å²) in [5, 5.41) is 1.06. The van der Waals surface area contributed by atoms with Crippen LogP contribution < -0.4 is 16.0 Å². The predicted molar refractivity (Wildman–Crippen MR) is 187 cm³/mol. The molecule has 271 valence electrons. The molecule has 2 aliphatic rings. The third-order valence-electron chi connectivity index (χ3n) is 9.09. The monoisotopic (exact) mass is 791 g/mol. The van der Waals surface area contributed by atoms with Crippen LogP contribution >= 0.6 is 23.2 Å². The van der Waals surface area contributed by atoms with Gasteiger partial charge in [0.15, 0.2) is 5.56 Å². The van der Waals surface area contributed by atoms with Crippen LogP contribution in [0.2, 0.25) is 10.0 Å². The maximum Gasteiger partial charge on any atom is 2.00 e. The summed E-state index contributed by atoms with van der Waals surface area (Å²) in [6.45, 7) is 4.59. The number of hydrogen-bond donors (Lipinski definition) is 0. The minimum atomic E-state index is -2.77. The largest absolute Gasteiger partial charge is 2.00 e. The van der Waals surface area contributed by atoms with Gasteiger partial charge in [0.1, 0.15) is 5.69 Å². The van der Waals surface area contributed by atoms with Gasteiger partial charge in [-0.25, -0.2) is 18.6 Å². The Hall–Kier alpha value is -4.20. The van der Waals surface area contributed by atoms with E-state index in [9.17, 15) is 23.2 Å². The molecule has 3 atom stereocenters. The van der Waals surface area contributed by atoms with Gasteiger partial charge < -0.3 is 28.4 Å². The minimum Gasteiger partial charge on any atom is -0.480 e. The average molecular weight is 793 g/mol. The Bertz CT molecular complexity index is 2240. The summed E-state index contributed by atoms with van der Waals surface area (Å²) in [5.74, 6) is 1.21. The Labute approximate surface area is 318 Å². The molecule has 7 rings (SSSR count). The number of likely N-dealkylation sites (tertiary alicyclic amines) is 1. The molecule has 5 aromatic rings. The fourth-order valence-corrected chi connectivity index (χ4v) is 6.99. The average Bonchev–Trinajstić information content (AvgIpc) is 3.64. The molecule has 52 heavy (non-hydrogen) atoms. The number of carbonyl (C=O) groups is 1. The number of aromatic nitrogens is 5. The number of nitrogens with zero attached hydrogens (tertiary/aromatic N) is 6. The van der Waals surface area contributed by atoms with Crippen LogP contribution in [0.15, 0.2) is 58.3 Å². The van der Waals surface area contributed by atoms with Crippen molar-refractivity contribution in [3.63, 3.8) is 0 Å². The smallest absolute Gasteiger partial charge is 0.480 e. The standard InChI is InChI=1S/C26H24Cl2N3O3.C10H8F2N3O2.Mn/c1-3-34-26(32)23-18-12-31(13-19(18)23)14-22-25(33-2)30-21(11-29-22)17-9-6-8-16(24(17)28)15-7-4-5-10-20(15)27;1-14-7-3-6(8(11)12)13-4-5(7)9(16)15(2)10(14)17;/h4-9,11,18-19,23H,3,12-14H2,1-2H3;3,8H,1-2H3;/q2*-1;+2/t18-,19+,23?;;. The van der Waals surface area contributed by atoms with Crippen LogP contribution in [0.5, 0.6) is 5.88 Å². The zero-order valence-corrected chi connectivity index (χ0v) is 31.1. The molecule has 1 aliphatic heterocycles. The van der Waals surface area contributed by atoms with Crippen LogP contribution in [-0.4, -0.2) is 61.8 Å². The van der Waals surface area contributed by atoms with Crippen molar-refractivity contribution in [1.29, 1.82) is 0 Å². The number of halogens is 4. The number of fused-ring (bicyclic) bond motifs is 2. The Balaban J connectivity index is 0.000000245. The number of alkyl halides is 2. The number of piperidine rings is 1. The molecule has 2 aromatic carbocycles. The molecular formula is C36H32Cl2F2MnN6O5. The Morgan fingerprint density at radius 3 is 2.40 bits per heavy atom. The van der Waals surface area contributed by atoms with Crippen molar-refractivity contribution >= 4 is 40.1 Å². The summed E-state index contributed by atoms with van der Waals surface area (Å²) in [7, 11) is 4.29. The Morgan fingerprint density at radius 2 is 1.75 bits per heavy atom. The second-order valence-corrected chi connectivity index (χ2v) is 12.9. The SMILES string of the molecule is CCOC(=O)C1[C@H]2CN(Cc3ncc(-c4cccc(-c5ccc[c-]c5Cl)c4Cl)nc3OC)C[C@@H]12.Cn1c(=O)c2[c-]nc(C(F)F)cc2n(C)c1=O.[Mn+2]. The number of rotatable bonds is 8. The van der Waals surface area contributed by atoms with E-state index in [-0.39, 0.29) is 39.9 Å². The van der Waals surface area contributed by atoms with Gasteiger partial charge in [-0.1, -0.05) is 46.5 Å². The number of methoxy groups -OCH3 is 1. The first-order chi connectivity index (χ1) is 24.4. The third kappa shape index (κ3) is 7.62. The molecule has 11 nitrogen and oxygen atoms in total. The van der Waals surface area contributed by atoms with E-state index in [0.29, 0.717) is 46.6 Å². The van der Waals surface area contributed by atoms with Gasteiger partial charge in [-0.15, -0.1) is 17.2 Å². The van der Waals surface area contributed by atoms with Gasteiger partial charge >= 0.3 is 28.7 Å². The van der Waals surface area contributed by atoms with E-state index in [1.165, 1.54) is 14.1 Å². The van der Waals surface area contributed by atoms with Gasteiger partial charge in [-0.05, 0) is 35.9 Å². The summed E-state index contributed by atoms with van der Waals surface area (Å²) in [4.78, 5) is 50.3. The zero-order valence-electron chi connectivity index (χ0n) is 28.4. The molecule has 0 amide bonds. The molecule has 3 aromatic heterocycles. The van der Waals surface area contributed by atoms with Crippen molar-refractivity contribution in [2.45, 2.75) is 19.9 Å². The van der Waals surface area contributed by atoms with Crippen LogP contribution in [0.3, 0.4) is 0 Å². The molecule has 16 heteroatoms. The fraction of sp³-hybridized carbons (Fsp3) is 0.333. The van der Waals surface area contributed by atoms with E-state index in [2.05, 4.69) is 27.1 Å². The van der Waals surface area contributed by atoms with Gasteiger partial charge in [-0.3, -0.25) is 14.7 Å². The van der Waals surface area contributed by atoms with Crippen LogP contribution in [-0.2, 0) is 47.2 Å². The van der Waals surface area contributed by atoms with Gasteiger partial charge in [0.25, 0.3) is 0 Å². The van der Waals surface area contributed by atoms with E-state index in [0.717, 1.165) is 50.7 Å². The first kappa shape index (κ1) is 39.0. The summed E-state index contributed by atoms with van der Waals surface area (Å²) in [6, 6.07) is 15.3. The number of benzene rings is 2. The van der Waals surface area contributed by atoms with E-state index < -0.39 is 23.4 Å². The number of hydrogen-bond acceptors (Lipinski definition) is 9. The molecule has 4 heterocycles. The van der Waals surface area contributed by atoms with Gasteiger partial charge in [-0.2, -0.15) is 24.3 Å². The van der Waals surface area contributed by atoms with Crippen molar-refractivity contribution in [3.8, 4) is 28.3 Å². The molecular weight excluding hydrogens is 760 g/mol. The van der Waals surface area contributed by atoms with E-state index in [1.807, 2.05) is 37.3 Å². The van der Waals surface area contributed by atoms with Crippen molar-refractivity contribution in [2.75, 3.05) is 26.8 Å². The maximum absolute atomic E-state index is 12.5. The number of ether oxygens (including phenoxy) is 2. The van der Waals surface area contributed by atoms with Crippen LogP contribution in [0.4, 0.5) is 8.78 Å². The van der Waals surface area contributed by atoms with Gasteiger partial charge in [0, 0.05) is 50.0 Å². The van der Waals surface area contributed by atoms with Crippen molar-refractivity contribution in [2.24, 2.45) is 31.8 Å². The summed E-state index contributed by atoms with van der Waals surface area (Å²) in [5.41, 5.74) is 2.14. The number of pyridine rings is 1. The van der Waals surface area contributed by atoms with E-state index in [1.54, 1.807) is 19.4 Å². The maximum atomic E-state index is 12.5. The third-order valence-corrected chi connectivity index (χ3v) is 9.81. The number of carbonyl (C=O) groups excluding carboxylic acids is 1. The summed E-state index contributed by atoms with van der Waals surface area (Å²) < 4.78 is 37.7. The first-order valence-electron chi connectivity index (χ1n) is 16.0. The zero-order chi connectivity index (χ0) is 36.6. The number of aryl methyl sites for hydroxylation is 1. The van der Waals surface area contributed by atoms with Gasteiger partial charge in [0.05, 0.1) is 31.5 Å². The topological polar surface area (TPSA) is 121 Å². The van der Waals surface area contributed by atoms with Gasteiger partial charge in [0.2, 0.25) is 12.3 Å². The number of esters is 1. The molecule has 1 radical (unpaired) electrons. The molecule has 2 fully saturated rings. The molecule has 0 spiro atoms. The van der Waals surface area contributed by atoms with Crippen molar-refractivity contribution in [1.82, 2.24) is 29.0 Å². The summed E-state index contributed by atoms with van der Waals surface area (Å²) >= 11 is 13.1. The van der Waals surface area contributed by atoms with Crippen molar-refractivity contribution in [3.05, 3.63) is 103 Å². The summed E-state index contributed by atoms with van der Waals surface area (Å²) in [6.07, 6.45) is 1.21. The minimum absolute atomic E-state index is 0. The fourth-order valence-electron chi connectivity index (χ4n) is 6.44. The second-order valence-electron chi connectivity index (χ2n) is 12.1. The molecule has 0 bridgehead atoms. The first-order valence-corrected chi connectivity index (χ1v) is 16.7. The molecule has 1 saturated carbocycles.